The van der Waals surface area contributed by atoms with Crippen LogP contribution in [0.15, 0.2) is 171 Å². The molecule has 0 heterocycles. The minimum absolute atomic E-state index is 0.0244. The third kappa shape index (κ3) is 42.8. The molecule has 1 fully saturated rings. The molecule has 0 saturated heterocycles. The van der Waals surface area contributed by atoms with Crippen molar-refractivity contribution in [2.24, 2.45) is 65.1 Å². The van der Waals surface area contributed by atoms with E-state index in [2.05, 4.69) is 279 Å². The molecule has 0 aliphatic heterocycles. The summed E-state index contributed by atoms with van der Waals surface area (Å²) in [6.07, 6.45) is 54.7. The molecule has 10 rings (SSSR count). The van der Waals surface area contributed by atoms with Gasteiger partial charge in [-0.1, -0.05) is 332 Å². The Morgan fingerprint density at radius 1 is 0.461 bits per heavy atom. The number of aryl methyl sites for hydroxylation is 2. The molecule has 0 spiro atoms. The number of aliphatic hydroxyl groups excluding tert-OH is 3. The second-order valence-electron chi connectivity index (χ2n) is 37.8. The van der Waals surface area contributed by atoms with Gasteiger partial charge in [-0.2, -0.15) is 0 Å². The molecule has 115 heavy (non-hydrogen) atoms. The number of aromatic hydroxyl groups is 1. The number of hydrogen-bond acceptors (Lipinski definition) is 5. The fourth-order valence-corrected chi connectivity index (χ4v) is 16.8. The smallest absolute Gasteiger partial charge is 0.119 e. The number of aliphatic hydroxyl groups is 4. The predicted octanol–water partition coefficient (Wildman–Crippen LogP) is 32.6. The number of allylic oxidation sites excluding steroid dienone is 17. The predicted molar refractivity (Wildman–Crippen MR) is 512 cm³/mol. The van der Waals surface area contributed by atoms with Gasteiger partial charge in [0.2, 0.25) is 0 Å². The maximum absolute atomic E-state index is 10.1. The van der Waals surface area contributed by atoms with Crippen LogP contribution < -0.4 is 0 Å². The van der Waals surface area contributed by atoms with Crippen molar-refractivity contribution in [2.75, 3.05) is 0 Å². The van der Waals surface area contributed by atoms with E-state index in [-0.39, 0.29) is 18.3 Å². The molecule has 5 heteroatoms. The molecule has 656 valence electrons. The van der Waals surface area contributed by atoms with Gasteiger partial charge in [-0.05, 0) is 331 Å². The van der Waals surface area contributed by atoms with E-state index in [4.69, 9.17) is 0 Å². The van der Waals surface area contributed by atoms with E-state index in [1.165, 1.54) is 179 Å². The van der Waals surface area contributed by atoms with Gasteiger partial charge in [-0.3, -0.25) is 0 Å². The van der Waals surface area contributed by atoms with Crippen molar-refractivity contribution >= 4 is 0 Å². The molecule has 4 unspecified atom stereocenters. The summed E-state index contributed by atoms with van der Waals surface area (Å²) in [7, 11) is 0. The van der Waals surface area contributed by atoms with Crippen LogP contribution in [0.2, 0.25) is 0 Å². The van der Waals surface area contributed by atoms with Crippen molar-refractivity contribution in [1.29, 1.82) is 0 Å². The third-order valence-electron chi connectivity index (χ3n) is 27.0. The van der Waals surface area contributed by atoms with E-state index in [9.17, 15) is 25.5 Å². The Labute approximate surface area is 714 Å². The van der Waals surface area contributed by atoms with Gasteiger partial charge in [0, 0.05) is 0 Å². The van der Waals surface area contributed by atoms with Crippen molar-refractivity contribution in [1.82, 2.24) is 0 Å². The SMILES string of the molecule is C=C(C)C1CC=C(CC)C(O)C1.C=C(C)C1CC=C(CC)CC1.CCC1=CC=C(C(C)C)CC1.CCC1=CCC(=C(C)C)CC1.CCC1=CCC(O)(C(C)C)CC1.CCC1=CC[C@H](C(C)C)CC1.CCC1=C[C@@H](O)[C@H](C(C)C)CC1.CC[C@@H]1CC[C@@H](C(C)C)[C@H](O)C1.CCc1ccc(C(C)C)c(O)c1.CCc1ccc(C(C)C)cc1. The average molecular weight is 1590 g/mol. The standard InChI is InChI=1S/C11H20O.C11H18O.C11H22O.C11H20O.C11H16O.C11H20.3C11H18.C11H16/c1-4-10-5-7-11(12,8-6-10)9(2)3;1-4-9-5-6-10(8(2)3)7-11(9)12;3*1-4-9-5-6-10(8(2)3)11(12)7-9;5*1-4-10-5-7-11(8-6-10)9(2)3/h5,9,12H,4,6-8H2,1-3H3;5,10-12H,2,4,6-7H2,1,3H3;8-12H,4-7H2,1-3H3;7-8,10-12H,4-6H2,1-3H3;5-8,12H,4H2,1-3H3;5,9,11H,4,6-8H2,1-3H3;5H,4,6-8H2,1-3H3;5,7,9H,4,6,8H2,1-3H3;5,11H,2,4,6-8H2,1,3H3;5-9H,4H2,1-3H3/t;;9-,10+,11-;10-,11+;;11-;;;;/m..10.0..../s1. The number of benzene rings is 2. The number of phenols is 1. The molecule has 5 nitrogen and oxygen atoms in total. The van der Waals surface area contributed by atoms with Gasteiger partial charge in [-0.25, -0.2) is 0 Å². The summed E-state index contributed by atoms with van der Waals surface area (Å²) in [6, 6.07) is 14.8. The monoisotopic (exact) mass is 1590 g/mol. The summed E-state index contributed by atoms with van der Waals surface area (Å²) in [5.74, 6) is 8.81. The zero-order valence-corrected chi connectivity index (χ0v) is 80.5. The zero-order valence-electron chi connectivity index (χ0n) is 80.5. The number of rotatable bonds is 19. The number of phenolic OH excluding ortho intramolecular Hbond substituents is 1. The molecule has 8 aliphatic carbocycles. The van der Waals surface area contributed by atoms with E-state index >= 15 is 0 Å². The first-order valence-corrected chi connectivity index (χ1v) is 47.5. The largest absolute Gasteiger partial charge is 0.508 e. The average Bonchev–Trinajstić information content (AvgIpc) is 0.837. The van der Waals surface area contributed by atoms with Crippen LogP contribution in [0.3, 0.4) is 0 Å². The Hall–Kier alpha value is -4.78. The Kier molecular flexibility index (Phi) is 56.3. The van der Waals surface area contributed by atoms with Gasteiger partial charge in [-0.15, -0.1) is 0 Å². The molecule has 2 aromatic rings. The third-order valence-corrected chi connectivity index (χ3v) is 27.0. The lowest BCUT2D eigenvalue weighted by molar-refractivity contribution is -0.0143. The topological polar surface area (TPSA) is 101 Å². The first-order chi connectivity index (χ1) is 54.4. The minimum Gasteiger partial charge on any atom is -0.508 e. The van der Waals surface area contributed by atoms with Crippen LogP contribution in [0.5, 0.6) is 5.75 Å². The van der Waals surface area contributed by atoms with Gasteiger partial charge < -0.3 is 25.5 Å². The van der Waals surface area contributed by atoms with Crippen molar-refractivity contribution < 1.29 is 25.5 Å². The molecule has 0 aromatic heterocycles. The van der Waals surface area contributed by atoms with Crippen LogP contribution >= 0.6 is 0 Å². The van der Waals surface area contributed by atoms with E-state index < -0.39 is 5.60 Å². The quantitative estimate of drug-likeness (QED) is 0.0903. The second kappa shape index (κ2) is 59.8. The highest BCUT2D eigenvalue weighted by molar-refractivity contribution is 5.38. The van der Waals surface area contributed by atoms with Crippen LogP contribution in [0.25, 0.3) is 0 Å². The molecular weight excluding hydrogens is 1400 g/mol. The van der Waals surface area contributed by atoms with Crippen LogP contribution in [-0.4, -0.2) is 49.4 Å². The summed E-state index contributed by atoms with van der Waals surface area (Å²) < 4.78 is 0. The Morgan fingerprint density at radius 2 is 0.991 bits per heavy atom. The molecule has 8 aliphatic rings. The fraction of sp³-hybridized carbons (Fsp3) is 0.691. The second-order valence-corrected chi connectivity index (χ2v) is 37.8. The molecule has 10 atom stereocenters. The maximum atomic E-state index is 10.1. The highest BCUT2D eigenvalue weighted by Gasteiger charge is 2.33. The lowest BCUT2D eigenvalue weighted by Crippen LogP contribution is -2.36. The molecule has 0 bridgehead atoms. The molecule has 2 aromatic carbocycles. The zero-order chi connectivity index (χ0) is 87.1. The molecular formula is C110H186O5. The van der Waals surface area contributed by atoms with Gasteiger partial charge in [0.15, 0.2) is 0 Å². The first-order valence-electron chi connectivity index (χ1n) is 47.5. The van der Waals surface area contributed by atoms with Crippen molar-refractivity contribution in [3.8, 4) is 5.75 Å². The first kappa shape index (κ1) is 108. The van der Waals surface area contributed by atoms with Crippen molar-refractivity contribution in [3.05, 3.63) is 193 Å². The fourth-order valence-electron chi connectivity index (χ4n) is 16.8. The Bertz CT molecular complexity index is 3290. The van der Waals surface area contributed by atoms with Crippen LogP contribution in [0.1, 0.15) is 414 Å². The van der Waals surface area contributed by atoms with Crippen LogP contribution in [0.4, 0.5) is 0 Å². The van der Waals surface area contributed by atoms with Gasteiger partial charge >= 0.3 is 0 Å². The summed E-state index contributed by atoms with van der Waals surface area (Å²) in [5.41, 5.74) is 22.7. The summed E-state index contributed by atoms with van der Waals surface area (Å²) >= 11 is 0. The minimum atomic E-state index is -0.418. The molecule has 5 N–H and O–H groups in total. The number of hydrogen-bond donors (Lipinski definition) is 5. The van der Waals surface area contributed by atoms with Crippen LogP contribution in [0, 0.1) is 65.1 Å². The molecule has 0 amide bonds. The highest BCUT2D eigenvalue weighted by atomic mass is 16.3. The highest BCUT2D eigenvalue weighted by Crippen LogP contribution is 2.39. The van der Waals surface area contributed by atoms with Crippen molar-refractivity contribution in [2.45, 2.75) is 429 Å². The van der Waals surface area contributed by atoms with E-state index in [0.717, 1.165) is 106 Å². The van der Waals surface area contributed by atoms with E-state index in [1.807, 2.05) is 19.1 Å². The maximum Gasteiger partial charge on any atom is 0.119 e. The lowest BCUT2D eigenvalue weighted by Gasteiger charge is -2.35. The van der Waals surface area contributed by atoms with Crippen molar-refractivity contribution in [3.63, 3.8) is 0 Å². The van der Waals surface area contributed by atoms with Crippen LogP contribution in [-0.2, 0) is 12.8 Å². The summed E-state index contributed by atoms with van der Waals surface area (Å²) in [5, 5.41) is 49.0. The Morgan fingerprint density at radius 3 is 1.37 bits per heavy atom. The summed E-state index contributed by atoms with van der Waals surface area (Å²) in [4.78, 5) is 0. The van der Waals surface area contributed by atoms with E-state index in [0.29, 0.717) is 53.1 Å². The molecule has 1 saturated carbocycles. The lowest BCUT2D eigenvalue weighted by atomic mass is 9.74. The summed E-state index contributed by atoms with van der Waals surface area (Å²) in [6.45, 7) is 69.4. The molecule has 0 radical (unpaired) electrons. The Balaban J connectivity index is 0.000000639. The van der Waals surface area contributed by atoms with Gasteiger partial charge in [0.1, 0.15) is 5.75 Å². The normalized spacial score (nSPS) is 23.7. The van der Waals surface area contributed by atoms with Gasteiger partial charge in [0.05, 0.1) is 23.9 Å². The van der Waals surface area contributed by atoms with E-state index in [1.54, 1.807) is 33.4 Å². The van der Waals surface area contributed by atoms with Gasteiger partial charge in [0.25, 0.3) is 0 Å².